The Morgan fingerprint density at radius 1 is 1.21 bits per heavy atom. The fourth-order valence-corrected chi connectivity index (χ4v) is 2.81. The van der Waals surface area contributed by atoms with Crippen LogP contribution in [-0.4, -0.2) is 42.9 Å². The summed E-state index contributed by atoms with van der Waals surface area (Å²) >= 11 is 0. The molecular formula is C21H33N5O2. The quantitative estimate of drug-likeness (QED) is 0.373. The molecule has 154 valence electrons. The Bertz CT molecular complexity index is 755. The number of aliphatic imine (C=N–C) groups is 1. The van der Waals surface area contributed by atoms with Crippen LogP contribution in [0.25, 0.3) is 0 Å². The Morgan fingerprint density at radius 2 is 2.00 bits per heavy atom. The Balaban J connectivity index is 1.93. The SMILES string of the molecule is CN=C(NCc1ccc(C)cc1OCCOC)NCc1nccn1CC(C)C. The molecule has 0 aliphatic heterocycles. The number of imidazole rings is 1. The fourth-order valence-electron chi connectivity index (χ4n) is 2.81. The van der Waals surface area contributed by atoms with Gasteiger partial charge in [0.1, 0.15) is 18.2 Å². The van der Waals surface area contributed by atoms with Gasteiger partial charge in [-0.1, -0.05) is 26.0 Å². The van der Waals surface area contributed by atoms with Crippen molar-refractivity contribution in [2.75, 3.05) is 27.4 Å². The van der Waals surface area contributed by atoms with Gasteiger partial charge in [0.15, 0.2) is 5.96 Å². The van der Waals surface area contributed by atoms with Crippen LogP contribution in [0.5, 0.6) is 5.75 Å². The van der Waals surface area contributed by atoms with E-state index in [0.29, 0.717) is 32.2 Å². The summed E-state index contributed by atoms with van der Waals surface area (Å²) in [6.45, 7) is 9.73. The summed E-state index contributed by atoms with van der Waals surface area (Å²) in [5, 5.41) is 6.68. The van der Waals surface area contributed by atoms with Gasteiger partial charge in [-0.15, -0.1) is 0 Å². The topological polar surface area (TPSA) is 72.7 Å². The molecule has 0 bridgehead atoms. The second-order valence-electron chi connectivity index (χ2n) is 7.12. The normalized spacial score (nSPS) is 11.7. The van der Waals surface area contributed by atoms with Crippen molar-refractivity contribution >= 4 is 5.96 Å². The van der Waals surface area contributed by atoms with Crippen LogP contribution < -0.4 is 15.4 Å². The summed E-state index contributed by atoms with van der Waals surface area (Å²) in [6, 6.07) is 6.21. The van der Waals surface area contributed by atoms with Crippen molar-refractivity contribution in [3.63, 3.8) is 0 Å². The first-order chi connectivity index (χ1) is 13.5. The summed E-state index contributed by atoms with van der Waals surface area (Å²) in [4.78, 5) is 8.76. The highest BCUT2D eigenvalue weighted by Gasteiger charge is 2.08. The number of guanidine groups is 1. The lowest BCUT2D eigenvalue weighted by atomic mass is 10.1. The molecule has 2 rings (SSSR count). The average Bonchev–Trinajstić information content (AvgIpc) is 3.09. The summed E-state index contributed by atoms with van der Waals surface area (Å²) in [7, 11) is 3.44. The highest BCUT2D eigenvalue weighted by atomic mass is 16.5. The first-order valence-corrected chi connectivity index (χ1v) is 9.69. The Morgan fingerprint density at radius 3 is 2.71 bits per heavy atom. The van der Waals surface area contributed by atoms with Gasteiger partial charge in [0, 0.05) is 45.2 Å². The lowest BCUT2D eigenvalue weighted by Gasteiger charge is -2.16. The highest BCUT2D eigenvalue weighted by molar-refractivity contribution is 5.79. The van der Waals surface area contributed by atoms with E-state index in [0.717, 1.165) is 35.2 Å². The van der Waals surface area contributed by atoms with E-state index in [-0.39, 0.29) is 0 Å². The molecule has 7 nitrogen and oxygen atoms in total. The molecule has 0 aliphatic rings. The van der Waals surface area contributed by atoms with E-state index in [1.807, 2.05) is 18.5 Å². The van der Waals surface area contributed by atoms with Gasteiger partial charge < -0.3 is 24.7 Å². The minimum Gasteiger partial charge on any atom is -0.491 e. The van der Waals surface area contributed by atoms with E-state index in [2.05, 4.69) is 58.1 Å². The molecule has 1 heterocycles. The van der Waals surface area contributed by atoms with E-state index in [1.54, 1.807) is 14.2 Å². The molecule has 0 amide bonds. The van der Waals surface area contributed by atoms with E-state index < -0.39 is 0 Å². The number of aromatic nitrogens is 2. The molecule has 0 unspecified atom stereocenters. The molecule has 0 spiro atoms. The van der Waals surface area contributed by atoms with Gasteiger partial charge in [-0.05, 0) is 24.5 Å². The van der Waals surface area contributed by atoms with Gasteiger partial charge in [0.25, 0.3) is 0 Å². The predicted octanol–water partition coefficient (Wildman–Crippen LogP) is 2.74. The molecule has 0 saturated carbocycles. The molecule has 1 aromatic carbocycles. The average molecular weight is 388 g/mol. The van der Waals surface area contributed by atoms with Crippen molar-refractivity contribution in [1.82, 2.24) is 20.2 Å². The summed E-state index contributed by atoms with van der Waals surface area (Å²) in [5.41, 5.74) is 2.24. The molecular weight excluding hydrogens is 354 g/mol. The number of methoxy groups -OCH3 is 1. The molecule has 0 saturated heterocycles. The maximum atomic E-state index is 5.86. The number of ether oxygens (including phenoxy) is 2. The van der Waals surface area contributed by atoms with Crippen molar-refractivity contribution in [3.05, 3.63) is 47.5 Å². The Kier molecular flexibility index (Phi) is 8.81. The zero-order valence-corrected chi connectivity index (χ0v) is 17.7. The van der Waals surface area contributed by atoms with Crippen molar-refractivity contribution in [3.8, 4) is 5.75 Å². The highest BCUT2D eigenvalue weighted by Crippen LogP contribution is 2.20. The largest absolute Gasteiger partial charge is 0.491 e. The predicted molar refractivity (Wildman–Crippen MR) is 113 cm³/mol. The first kappa shape index (κ1) is 21.8. The molecule has 2 N–H and O–H groups in total. The minimum atomic E-state index is 0.526. The lowest BCUT2D eigenvalue weighted by Crippen LogP contribution is -2.37. The van der Waals surface area contributed by atoms with Crippen LogP contribution in [0.15, 0.2) is 35.6 Å². The summed E-state index contributed by atoms with van der Waals surface area (Å²) < 4.78 is 13.1. The molecule has 28 heavy (non-hydrogen) atoms. The van der Waals surface area contributed by atoms with Crippen LogP contribution in [0.1, 0.15) is 30.8 Å². The zero-order chi connectivity index (χ0) is 20.4. The maximum Gasteiger partial charge on any atom is 0.191 e. The number of rotatable bonds is 10. The van der Waals surface area contributed by atoms with Gasteiger partial charge in [-0.2, -0.15) is 0 Å². The van der Waals surface area contributed by atoms with Gasteiger partial charge in [0.2, 0.25) is 0 Å². The molecule has 0 aliphatic carbocycles. The van der Waals surface area contributed by atoms with E-state index in [4.69, 9.17) is 9.47 Å². The van der Waals surface area contributed by atoms with Crippen LogP contribution in [0, 0.1) is 12.8 Å². The van der Waals surface area contributed by atoms with Crippen LogP contribution in [0.3, 0.4) is 0 Å². The van der Waals surface area contributed by atoms with E-state index >= 15 is 0 Å². The fraction of sp³-hybridized carbons (Fsp3) is 0.524. The van der Waals surface area contributed by atoms with Gasteiger partial charge in [0.05, 0.1) is 13.2 Å². The second kappa shape index (κ2) is 11.3. The smallest absolute Gasteiger partial charge is 0.191 e. The van der Waals surface area contributed by atoms with Crippen LogP contribution in [0.4, 0.5) is 0 Å². The van der Waals surface area contributed by atoms with E-state index in [9.17, 15) is 0 Å². The van der Waals surface area contributed by atoms with Gasteiger partial charge >= 0.3 is 0 Å². The summed E-state index contributed by atoms with van der Waals surface area (Å²) in [5.74, 6) is 3.16. The minimum absolute atomic E-state index is 0.526. The first-order valence-electron chi connectivity index (χ1n) is 9.69. The number of nitrogens with zero attached hydrogens (tertiary/aromatic N) is 3. The van der Waals surface area contributed by atoms with Crippen molar-refractivity contribution in [2.45, 2.75) is 40.4 Å². The zero-order valence-electron chi connectivity index (χ0n) is 17.7. The standard InChI is InChI=1S/C21H33N5O2/c1-16(2)15-26-9-8-23-20(26)14-25-21(22-4)24-13-18-7-6-17(3)12-19(18)28-11-10-27-5/h6-9,12,16H,10-11,13-15H2,1-5H3,(H2,22,24,25). The van der Waals surface area contributed by atoms with E-state index in [1.165, 1.54) is 0 Å². The molecule has 1 aromatic heterocycles. The molecule has 0 fully saturated rings. The Labute approximate surface area is 168 Å². The van der Waals surface area contributed by atoms with Crippen LogP contribution in [-0.2, 0) is 24.4 Å². The third-order valence-electron chi connectivity index (χ3n) is 4.22. The number of hydrogen-bond acceptors (Lipinski definition) is 4. The number of benzene rings is 1. The Hall–Kier alpha value is -2.54. The maximum absolute atomic E-state index is 5.86. The lowest BCUT2D eigenvalue weighted by molar-refractivity contribution is 0.145. The molecule has 0 atom stereocenters. The van der Waals surface area contributed by atoms with Crippen LogP contribution in [0.2, 0.25) is 0 Å². The van der Waals surface area contributed by atoms with Crippen molar-refractivity contribution in [2.24, 2.45) is 10.9 Å². The monoisotopic (exact) mass is 387 g/mol. The number of hydrogen-bond donors (Lipinski definition) is 2. The third-order valence-corrected chi connectivity index (χ3v) is 4.22. The summed E-state index contributed by atoms with van der Waals surface area (Å²) in [6.07, 6.45) is 3.86. The number of nitrogens with one attached hydrogen (secondary N) is 2. The van der Waals surface area contributed by atoms with Gasteiger partial charge in [-0.25, -0.2) is 4.98 Å². The molecule has 7 heteroatoms. The van der Waals surface area contributed by atoms with Crippen molar-refractivity contribution < 1.29 is 9.47 Å². The molecule has 0 radical (unpaired) electrons. The van der Waals surface area contributed by atoms with Crippen LogP contribution >= 0.6 is 0 Å². The third kappa shape index (κ3) is 6.88. The molecule has 2 aromatic rings. The van der Waals surface area contributed by atoms with Crippen molar-refractivity contribution in [1.29, 1.82) is 0 Å². The second-order valence-corrected chi connectivity index (χ2v) is 7.12. The number of aryl methyl sites for hydroxylation is 1. The van der Waals surface area contributed by atoms with Gasteiger partial charge in [-0.3, -0.25) is 4.99 Å².